The lowest BCUT2D eigenvalue weighted by Gasteiger charge is -2.17. The summed E-state index contributed by atoms with van der Waals surface area (Å²) in [6.07, 6.45) is 2.11. The maximum absolute atomic E-state index is 12.7. The molecule has 1 amide bonds. The predicted octanol–water partition coefficient (Wildman–Crippen LogP) is 6.93. The van der Waals surface area contributed by atoms with Gasteiger partial charge in [-0.05, 0) is 80.3 Å². The van der Waals surface area contributed by atoms with E-state index in [0.717, 1.165) is 58.1 Å². The van der Waals surface area contributed by atoms with Crippen LogP contribution in [0.4, 0.5) is 0 Å². The molecule has 0 spiro atoms. The topological polar surface area (TPSA) is 56.1 Å². The molecule has 0 aliphatic carbocycles. The van der Waals surface area contributed by atoms with E-state index < -0.39 is 0 Å². The van der Waals surface area contributed by atoms with Crippen molar-refractivity contribution in [3.8, 4) is 5.75 Å². The number of carbonyl (C=O) groups excluding carboxylic acids is 1. The van der Waals surface area contributed by atoms with Crippen molar-refractivity contribution in [1.82, 2.24) is 14.9 Å². The van der Waals surface area contributed by atoms with Crippen LogP contribution in [0, 0.1) is 6.92 Å². The number of fused-ring (bicyclic) bond motifs is 1. The molecule has 5 nitrogen and oxygen atoms in total. The second-order valence-electron chi connectivity index (χ2n) is 8.67. The number of para-hydroxylation sites is 2. The fraction of sp³-hybridized carbons (Fsp3) is 0.286. The number of rotatable bonds is 10. The molecular weight excluding hydrogens is 481 g/mol. The number of imidazole rings is 1. The van der Waals surface area contributed by atoms with E-state index in [0.29, 0.717) is 18.1 Å². The third-order valence-electron chi connectivity index (χ3n) is 5.90. The van der Waals surface area contributed by atoms with Crippen molar-refractivity contribution < 1.29 is 9.53 Å². The van der Waals surface area contributed by atoms with Gasteiger partial charge in [0.25, 0.3) is 0 Å². The van der Waals surface area contributed by atoms with Crippen LogP contribution in [-0.4, -0.2) is 22.1 Å². The van der Waals surface area contributed by atoms with Crippen LogP contribution < -0.4 is 10.1 Å². The van der Waals surface area contributed by atoms with Crippen molar-refractivity contribution in [3.05, 3.63) is 93.7 Å². The molecule has 0 aliphatic rings. The predicted molar refractivity (Wildman–Crippen MR) is 142 cm³/mol. The fourth-order valence-electron chi connectivity index (χ4n) is 4.07. The summed E-state index contributed by atoms with van der Waals surface area (Å²) >= 11 is 12.0. The van der Waals surface area contributed by atoms with Crippen LogP contribution in [0.5, 0.6) is 5.75 Å². The Labute approximate surface area is 216 Å². The second-order valence-corrected chi connectivity index (χ2v) is 9.51. The van der Waals surface area contributed by atoms with Gasteiger partial charge in [0.1, 0.15) is 11.6 Å². The number of ether oxygens (including phenoxy) is 1. The van der Waals surface area contributed by atoms with Crippen LogP contribution in [-0.2, 0) is 17.8 Å². The number of nitrogens with one attached hydrogen (secondary N) is 1. The Bertz CT molecular complexity index is 1300. The molecule has 0 saturated heterocycles. The molecule has 0 radical (unpaired) electrons. The van der Waals surface area contributed by atoms with E-state index in [1.165, 1.54) is 0 Å². The van der Waals surface area contributed by atoms with Gasteiger partial charge in [-0.25, -0.2) is 4.98 Å². The molecule has 0 fully saturated rings. The molecule has 1 unspecified atom stereocenters. The summed E-state index contributed by atoms with van der Waals surface area (Å²) in [7, 11) is 0. The first-order valence-electron chi connectivity index (χ1n) is 11.8. The zero-order valence-electron chi connectivity index (χ0n) is 19.9. The lowest BCUT2D eigenvalue weighted by atomic mass is 10.1. The van der Waals surface area contributed by atoms with Gasteiger partial charge in [0.2, 0.25) is 5.91 Å². The highest BCUT2D eigenvalue weighted by Crippen LogP contribution is 2.23. The number of hydrogen-bond donors (Lipinski definition) is 1. The quantitative estimate of drug-likeness (QED) is 0.236. The van der Waals surface area contributed by atoms with E-state index in [2.05, 4.69) is 16.0 Å². The first kappa shape index (κ1) is 25.1. The van der Waals surface area contributed by atoms with Crippen LogP contribution in [0.3, 0.4) is 0 Å². The number of nitrogens with zero attached hydrogens (tertiary/aromatic N) is 2. The molecule has 1 aromatic heterocycles. The highest BCUT2D eigenvalue weighted by molar-refractivity contribution is 6.31. The molecule has 182 valence electrons. The Morgan fingerprint density at radius 2 is 1.83 bits per heavy atom. The lowest BCUT2D eigenvalue weighted by Crippen LogP contribution is -2.30. The monoisotopic (exact) mass is 509 g/mol. The minimum atomic E-state index is -0.226. The van der Waals surface area contributed by atoms with Crippen LogP contribution in [0.25, 0.3) is 11.0 Å². The highest BCUT2D eigenvalue weighted by atomic mass is 35.5. The Morgan fingerprint density at radius 3 is 2.60 bits per heavy atom. The van der Waals surface area contributed by atoms with Crippen LogP contribution in [0.15, 0.2) is 66.7 Å². The molecule has 7 heteroatoms. The third-order valence-corrected chi connectivity index (χ3v) is 6.58. The molecule has 3 aromatic carbocycles. The molecule has 1 heterocycles. The van der Waals surface area contributed by atoms with Gasteiger partial charge in [-0.15, -0.1) is 0 Å². The van der Waals surface area contributed by atoms with Gasteiger partial charge in [0.15, 0.2) is 0 Å². The van der Waals surface area contributed by atoms with Crippen molar-refractivity contribution in [1.29, 1.82) is 0 Å². The van der Waals surface area contributed by atoms with E-state index in [4.69, 9.17) is 32.9 Å². The maximum atomic E-state index is 12.7. The number of unbranched alkanes of at least 4 members (excludes halogenated alkanes) is 1. The number of carbonyl (C=O) groups is 1. The minimum absolute atomic E-state index is 0.0508. The Hall–Kier alpha value is -3.02. The van der Waals surface area contributed by atoms with Gasteiger partial charge in [0, 0.05) is 16.6 Å². The van der Waals surface area contributed by atoms with Gasteiger partial charge in [-0.2, -0.15) is 0 Å². The number of hydrogen-bond acceptors (Lipinski definition) is 3. The van der Waals surface area contributed by atoms with Crippen molar-refractivity contribution in [2.45, 2.75) is 45.7 Å². The molecular formula is C28H29Cl2N3O2. The molecule has 0 aliphatic heterocycles. The number of amides is 1. The molecule has 35 heavy (non-hydrogen) atoms. The van der Waals surface area contributed by atoms with Crippen LogP contribution >= 0.6 is 23.2 Å². The molecule has 1 N–H and O–H groups in total. The van der Waals surface area contributed by atoms with Crippen molar-refractivity contribution in [2.75, 3.05) is 6.61 Å². The summed E-state index contributed by atoms with van der Waals surface area (Å²) in [5, 5.41) is 4.50. The minimum Gasteiger partial charge on any atom is -0.494 e. The summed E-state index contributed by atoms with van der Waals surface area (Å²) in [6, 6.07) is 20.9. The number of aryl methyl sites for hydroxylation is 2. The van der Waals surface area contributed by atoms with E-state index in [9.17, 15) is 4.79 Å². The second kappa shape index (κ2) is 11.6. The first-order valence-corrected chi connectivity index (χ1v) is 12.5. The average molecular weight is 510 g/mol. The van der Waals surface area contributed by atoms with E-state index in [1.807, 2.05) is 62.4 Å². The third kappa shape index (κ3) is 6.56. The molecule has 4 aromatic rings. The summed E-state index contributed by atoms with van der Waals surface area (Å²) in [4.78, 5) is 17.5. The maximum Gasteiger partial charge on any atom is 0.224 e. The van der Waals surface area contributed by atoms with Crippen LogP contribution in [0.1, 0.15) is 42.8 Å². The van der Waals surface area contributed by atoms with E-state index in [1.54, 1.807) is 12.1 Å². The van der Waals surface area contributed by atoms with Crippen LogP contribution in [0.2, 0.25) is 10.0 Å². The van der Waals surface area contributed by atoms with E-state index >= 15 is 0 Å². The highest BCUT2D eigenvalue weighted by Gasteiger charge is 2.18. The van der Waals surface area contributed by atoms with Gasteiger partial charge in [-0.3, -0.25) is 4.79 Å². The number of aromatic nitrogens is 2. The number of halogens is 2. The first-order chi connectivity index (χ1) is 16.9. The lowest BCUT2D eigenvalue weighted by molar-refractivity contribution is -0.121. The normalized spacial score (nSPS) is 12.0. The van der Waals surface area contributed by atoms with Crippen molar-refractivity contribution in [2.24, 2.45) is 0 Å². The summed E-state index contributed by atoms with van der Waals surface area (Å²) in [5.74, 6) is 1.63. The molecule has 0 saturated carbocycles. The van der Waals surface area contributed by atoms with Gasteiger partial charge < -0.3 is 14.6 Å². The zero-order chi connectivity index (χ0) is 24.8. The molecule has 1 atom stereocenters. The van der Waals surface area contributed by atoms with Gasteiger partial charge >= 0.3 is 0 Å². The van der Waals surface area contributed by atoms with Crippen molar-refractivity contribution in [3.63, 3.8) is 0 Å². The summed E-state index contributed by atoms with van der Waals surface area (Å²) < 4.78 is 8.10. The molecule has 0 bridgehead atoms. The Balaban J connectivity index is 1.38. The van der Waals surface area contributed by atoms with Gasteiger partial charge in [0.05, 0.1) is 30.1 Å². The standard InChI is InChI=1S/C28H29Cl2N3O2/c1-19-17-23(13-14-24(19)30)35-16-6-5-15-33-26-8-4-3-7-25(26)32-28(33)20(2)31-27(34)18-21-9-11-22(29)12-10-21/h3-4,7-14,17,20H,5-6,15-16,18H2,1-2H3,(H,31,34). The number of benzene rings is 3. The van der Waals surface area contributed by atoms with E-state index in [-0.39, 0.29) is 11.9 Å². The fourth-order valence-corrected chi connectivity index (χ4v) is 4.32. The average Bonchev–Trinajstić information content (AvgIpc) is 3.21. The largest absolute Gasteiger partial charge is 0.494 e. The Kier molecular flexibility index (Phi) is 8.32. The van der Waals surface area contributed by atoms with Crippen molar-refractivity contribution >= 4 is 40.1 Å². The Morgan fingerprint density at radius 1 is 1.06 bits per heavy atom. The zero-order valence-corrected chi connectivity index (χ0v) is 21.4. The van der Waals surface area contributed by atoms with Gasteiger partial charge in [-0.1, -0.05) is 47.5 Å². The summed E-state index contributed by atoms with van der Waals surface area (Å²) in [6.45, 7) is 5.35. The smallest absolute Gasteiger partial charge is 0.224 e. The summed E-state index contributed by atoms with van der Waals surface area (Å²) in [5.41, 5.74) is 3.92. The molecule has 4 rings (SSSR count). The SMILES string of the molecule is Cc1cc(OCCCCn2c(C(C)NC(=O)Cc3ccc(Cl)cc3)nc3ccccc32)ccc1Cl.